The highest BCUT2D eigenvalue weighted by Gasteiger charge is 2.59. The summed E-state index contributed by atoms with van der Waals surface area (Å²) in [6.45, 7) is 8.58. The number of rotatable bonds is 8. The molecule has 3 fully saturated rings. The quantitative estimate of drug-likeness (QED) is 0.372. The van der Waals surface area contributed by atoms with Crippen LogP contribution < -0.4 is 4.74 Å². The van der Waals surface area contributed by atoms with Crippen molar-refractivity contribution in [1.82, 2.24) is 9.88 Å². The number of hydrogen-bond donors (Lipinski definition) is 1. The van der Waals surface area contributed by atoms with Crippen LogP contribution >= 0.6 is 11.6 Å². The van der Waals surface area contributed by atoms with Gasteiger partial charge in [0.25, 0.3) is 5.91 Å². The lowest BCUT2D eigenvalue weighted by atomic mass is 9.73. The van der Waals surface area contributed by atoms with E-state index >= 15 is 0 Å². The van der Waals surface area contributed by atoms with Crippen LogP contribution in [-0.2, 0) is 25.7 Å². The number of amides is 1. The van der Waals surface area contributed by atoms with Crippen LogP contribution in [0.25, 0.3) is 0 Å². The molecule has 2 aliphatic heterocycles. The van der Waals surface area contributed by atoms with E-state index in [-0.39, 0.29) is 12.5 Å². The first kappa shape index (κ1) is 30.8. The van der Waals surface area contributed by atoms with Crippen molar-refractivity contribution in [2.24, 2.45) is 11.3 Å². The minimum Gasteiger partial charge on any atom is -0.481 e. The van der Waals surface area contributed by atoms with Gasteiger partial charge in [0.05, 0.1) is 25.9 Å². The van der Waals surface area contributed by atoms with E-state index in [2.05, 4.69) is 11.1 Å². The van der Waals surface area contributed by atoms with Gasteiger partial charge in [0.15, 0.2) is 0 Å². The zero-order chi connectivity index (χ0) is 30.2. The Labute approximate surface area is 253 Å². The number of methoxy groups -OCH3 is 1. The van der Waals surface area contributed by atoms with Crippen molar-refractivity contribution in [3.63, 3.8) is 0 Å². The molecule has 1 N–H and O–H groups in total. The van der Waals surface area contributed by atoms with Gasteiger partial charge < -0.3 is 24.2 Å². The van der Waals surface area contributed by atoms with E-state index in [9.17, 15) is 14.7 Å². The predicted molar refractivity (Wildman–Crippen MR) is 160 cm³/mol. The fourth-order valence-corrected chi connectivity index (χ4v) is 7.10. The Morgan fingerprint density at radius 3 is 2.52 bits per heavy atom. The maximum Gasteiger partial charge on any atom is 0.326 e. The van der Waals surface area contributed by atoms with Crippen LogP contribution in [0.4, 0.5) is 0 Å². The highest BCUT2D eigenvalue weighted by molar-refractivity contribution is 6.31. The van der Waals surface area contributed by atoms with Crippen molar-refractivity contribution in [2.75, 3.05) is 13.7 Å². The maximum atomic E-state index is 14.3. The summed E-state index contributed by atoms with van der Waals surface area (Å²) in [5, 5.41) is 11.3. The minimum absolute atomic E-state index is 0.165. The molecule has 5 atom stereocenters. The SMILES string of the molecule is COc1ncc(C2CCC2)cc1CO[C@H]1[C@H](C(C)(C)C)[C@@H](C(=O)O)N(C(=O)[C@@H]2CCCCO2)[C@H]1c1cccc(Cl)c1C. The van der Waals surface area contributed by atoms with Crippen LogP contribution in [0.15, 0.2) is 30.5 Å². The monoisotopic (exact) mass is 598 g/mol. The molecule has 228 valence electrons. The average Bonchev–Trinajstić information content (AvgIpc) is 3.28. The number of benzene rings is 1. The summed E-state index contributed by atoms with van der Waals surface area (Å²) in [5.41, 5.74) is 3.03. The van der Waals surface area contributed by atoms with Crippen LogP contribution in [0.1, 0.15) is 93.5 Å². The number of likely N-dealkylation sites (tertiary alicyclic amines) is 1. The first-order chi connectivity index (χ1) is 20.0. The average molecular weight is 599 g/mol. The molecule has 1 saturated carbocycles. The van der Waals surface area contributed by atoms with Crippen LogP contribution in [0.5, 0.6) is 5.88 Å². The van der Waals surface area contributed by atoms with Crippen LogP contribution in [0.3, 0.4) is 0 Å². The van der Waals surface area contributed by atoms with Crippen molar-refractivity contribution in [3.05, 3.63) is 57.7 Å². The summed E-state index contributed by atoms with van der Waals surface area (Å²) in [7, 11) is 1.59. The summed E-state index contributed by atoms with van der Waals surface area (Å²) in [4.78, 5) is 33.5. The maximum absolute atomic E-state index is 14.3. The molecule has 42 heavy (non-hydrogen) atoms. The van der Waals surface area contributed by atoms with E-state index in [0.717, 1.165) is 47.9 Å². The Bertz CT molecular complexity index is 1300. The smallest absolute Gasteiger partial charge is 0.326 e. The number of hydrogen-bond acceptors (Lipinski definition) is 6. The molecule has 0 radical (unpaired) electrons. The van der Waals surface area contributed by atoms with Gasteiger partial charge in [-0.25, -0.2) is 9.78 Å². The van der Waals surface area contributed by atoms with E-state index in [1.165, 1.54) is 11.3 Å². The van der Waals surface area contributed by atoms with Gasteiger partial charge in [0.2, 0.25) is 5.88 Å². The normalized spacial score (nSPS) is 26.6. The van der Waals surface area contributed by atoms with Crippen LogP contribution in [0, 0.1) is 18.3 Å². The third-order valence-electron chi connectivity index (χ3n) is 9.34. The molecule has 1 aromatic carbocycles. The zero-order valence-electron chi connectivity index (χ0n) is 25.3. The largest absolute Gasteiger partial charge is 0.481 e. The van der Waals surface area contributed by atoms with Crippen LogP contribution in [0.2, 0.25) is 5.02 Å². The topological polar surface area (TPSA) is 98.2 Å². The van der Waals surface area contributed by atoms with E-state index in [4.69, 9.17) is 25.8 Å². The first-order valence-corrected chi connectivity index (χ1v) is 15.5. The van der Waals surface area contributed by atoms with Gasteiger partial charge in [-0.2, -0.15) is 0 Å². The summed E-state index contributed by atoms with van der Waals surface area (Å²) in [5.74, 6) is -0.922. The number of halogens is 1. The van der Waals surface area contributed by atoms with Gasteiger partial charge in [-0.15, -0.1) is 0 Å². The molecule has 2 aromatic rings. The van der Waals surface area contributed by atoms with Crippen molar-refractivity contribution < 1.29 is 28.9 Å². The Hall–Kier alpha value is -2.68. The molecule has 0 bridgehead atoms. The second-order valence-corrected chi connectivity index (χ2v) is 13.4. The number of pyridine rings is 1. The summed E-state index contributed by atoms with van der Waals surface area (Å²) < 4.78 is 18.3. The Morgan fingerprint density at radius 1 is 1.17 bits per heavy atom. The fraction of sp³-hybridized carbons (Fsp3) is 0.606. The molecule has 1 aromatic heterocycles. The summed E-state index contributed by atoms with van der Waals surface area (Å²) >= 11 is 6.61. The number of carbonyl (C=O) groups excluding carboxylic acids is 1. The van der Waals surface area contributed by atoms with Gasteiger partial charge >= 0.3 is 5.97 Å². The molecule has 3 heterocycles. The van der Waals surface area contributed by atoms with Crippen LogP contribution in [-0.4, -0.2) is 58.8 Å². The molecule has 3 aliphatic rings. The second kappa shape index (κ2) is 12.5. The number of aliphatic carboxylic acids is 1. The molecule has 1 amide bonds. The number of carbonyl (C=O) groups is 2. The molecular weight excluding hydrogens is 556 g/mol. The predicted octanol–water partition coefficient (Wildman–Crippen LogP) is 6.47. The Morgan fingerprint density at radius 2 is 1.93 bits per heavy atom. The van der Waals surface area contributed by atoms with Crippen molar-refractivity contribution >= 4 is 23.5 Å². The summed E-state index contributed by atoms with van der Waals surface area (Å²) in [6, 6.07) is 5.88. The van der Waals surface area contributed by atoms with Crippen molar-refractivity contribution in [1.29, 1.82) is 0 Å². The number of carboxylic acid groups (broad SMARTS) is 1. The van der Waals surface area contributed by atoms with Gasteiger partial charge in [-0.1, -0.05) is 50.9 Å². The Balaban J connectivity index is 1.60. The number of nitrogens with zero attached hydrogens (tertiary/aromatic N) is 2. The van der Waals surface area contributed by atoms with Gasteiger partial charge in [-0.3, -0.25) is 4.79 Å². The minimum atomic E-state index is -1.11. The molecule has 0 spiro atoms. The highest BCUT2D eigenvalue weighted by atomic mass is 35.5. The molecule has 1 aliphatic carbocycles. The molecular formula is C33H43ClN2O6. The number of ether oxygens (including phenoxy) is 3. The van der Waals surface area contributed by atoms with Crippen molar-refractivity contribution in [2.45, 2.75) is 103 Å². The molecule has 9 heteroatoms. The lowest BCUT2D eigenvalue weighted by molar-refractivity contribution is -0.159. The van der Waals surface area contributed by atoms with E-state index < -0.39 is 41.6 Å². The van der Waals surface area contributed by atoms with E-state index in [1.807, 2.05) is 46.0 Å². The zero-order valence-corrected chi connectivity index (χ0v) is 26.0. The highest BCUT2D eigenvalue weighted by Crippen LogP contribution is 2.51. The van der Waals surface area contributed by atoms with E-state index in [1.54, 1.807) is 13.2 Å². The first-order valence-electron chi connectivity index (χ1n) is 15.1. The fourth-order valence-electron chi connectivity index (χ4n) is 6.92. The lowest BCUT2D eigenvalue weighted by Crippen LogP contribution is -2.51. The third-order valence-corrected chi connectivity index (χ3v) is 9.75. The third kappa shape index (κ3) is 5.90. The van der Waals surface area contributed by atoms with Gasteiger partial charge in [0.1, 0.15) is 12.1 Å². The second-order valence-electron chi connectivity index (χ2n) is 13.0. The lowest BCUT2D eigenvalue weighted by Gasteiger charge is -2.35. The molecule has 0 unspecified atom stereocenters. The number of aromatic nitrogens is 1. The Kier molecular flexibility index (Phi) is 9.16. The molecule has 8 nitrogen and oxygen atoms in total. The summed E-state index contributed by atoms with van der Waals surface area (Å²) in [6.07, 6.45) is 6.33. The molecule has 2 saturated heterocycles. The van der Waals surface area contributed by atoms with Gasteiger partial charge in [0, 0.05) is 29.3 Å². The van der Waals surface area contributed by atoms with Gasteiger partial charge in [-0.05, 0) is 79.2 Å². The number of carboxylic acids is 1. The standard InChI is InChI=1S/C33H43ClN2O6/c1-19-23(12-9-13-24(19)34)27-29(42-18-22-16-21(20-10-8-11-20)17-35-30(22)40-5)26(33(2,3)4)28(32(38)39)36(27)31(37)25-14-6-7-15-41-25/h9,12-13,16-17,20,25-29H,6-8,10-11,14-15,18H2,1-5H3,(H,38,39)/t25-,26+,27-,28-,29-/m0/s1. The molecule has 5 rings (SSSR count). The van der Waals surface area contributed by atoms with Crippen molar-refractivity contribution in [3.8, 4) is 5.88 Å². The van der Waals surface area contributed by atoms with E-state index in [0.29, 0.717) is 29.8 Å².